The van der Waals surface area contributed by atoms with Gasteiger partial charge in [0.15, 0.2) is 0 Å². The predicted octanol–water partition coefficient (Wildman–Crippen LogP) is 1.83. The van der Waals surface area contributed by atoms with Gasteiger partial charge in [0.2, 0.25) is 0 Å². The molecule has 1 aliphatic carbocycles. The lowest BCUT2D eigenvalue weighted by Crippen LogP contribution is -2.47. The van der Waals surface area contributed by atoms with Crippen molar-refractivity contribution in [3.63, 3.8) is 0 Å². The second kappa shape index (κ2) is 4.12. The smallest absolute Gasteiger partial charge is 0.307 e. The van der Waals surface area contributed by atoms with Crippen LogP contribution in [-0.2, 0) is 4.79 Å². The van der Waals surface area contributed by atoms with Crippen LogP contribution in [0.5, 0.6) is 0 Å². The Bertz CT molecular complexity index is 250. The van der Waals surface area contributed by atoms with E-state index in [2.05, 4.69) is 18.7 Å². The molecule has 1 heterocycles. The number of aliphatic carboxylic acids is 1. The van der Waals surface area contributed by atoms with Crippen molar-refractivity contribution in [2.24, 2.45) is 17.8 Å². The second-order valence-electron chi connectivity index (χ2n) is 5.41. The third-order valence-electron chi connectivity index (χ3n) is 3.92. The number of carboxylic acids is 1. The summed E-state index contributed by atoms with van der Waals surface area (Å²) < 4.78 is 0. The third kappa shape index (κ3) is 2.51. The van der Waals surface area contributed by atoms with E-state index in [1.165, 1.54) is 12.8 Å². The predicted molar refractivity (Wildman–Crippen MR) is 58.7 cm³/mol. The van der Waals surface area contributed by atoms with E-state index in [9.17, 15) is 4.79 Å². The molecule has 3 atom stereocenters. The molecular formula is C12H21NO2. The Morgan fingerprint density at radius 3 is 2.60 bits per heavy atom. The minimum absolute atomic E-state index is 0.144. The summed E-state index contributed by atoms with van der Waals surface area (Å²) >= 11 is 0. The van der Waals surface area contributed by atoms with Crippen LogP contribution in [0.1, 0.15) is 33.1 Å². The van der Waals surface area contributed by atoms with E-state index in [-0.39, 0.29) is 5.92 Å². The topological polar surface area (TPSA) is 40.5 Å². The molecule has 0 radical (unpaired) electrons. The summed E-state index contributed by atoms with van der Waals surface area (Å²) in [6, 6.07) is 0.592. The van der Waals surface area contributed by atoms with Crippen LogP contribution in [0.2, 0.25) is 0 Å². The minimum Gasteiger partial charge on any atom is -0.481 e. The van der Waals surface area contributed by atoms with Crippen LogP contribution in [-0.4, -0.2) is 35.1 Å². The average Bonchev–Trinajstić information content (AvgIpc) is 2.98. The molecule has 15 heavy (non-hydrogen) atoms. The quantitative estimate of drug-likeness (QED) is 0.774. The zero-order valence-electron chi connectivity index (χ0n) is 9.65. The van der Waals surface area contributed by atoms with E-state index < -0.39 is 5.97 Å². The fraction of sp³-hybridized carbons (Fsp3) is 0.917. The minimum atomic E-state index is -0.616. The molecule has 0 spiro atoms. The fourth-order valence-electron chi connectivity index (χ4n) is 2.78. The van der Waals surface area contributed by atoms with Crippen molar-refractivity contribution in [2.45, 2.75) is 39.2 Å². The highest BCUT2D eigenvalue weighted by molar-refractivity contribution is 5.70. The first-order chi connectivity index (χ1) is 7.08. The summed E-state index contributed by atoms with van der Waals surface area (Å²) in [7, 11) is 0. The van der Waals surface area contributed by atoms with E-state index in [0.29, 0.717) is 12.0 Å². The van der Waals surface area contributed by atoms with E-state index in [1.54, 1.807) is 0 Å². The van der Waals surface area contributed by atoms with Gasteiger partial charge >= 0.3 is 5.97 Å². The normalized spacial score (nSPS) is 35.1. The van der Waals surface area contributed by atoms with E-state index in [0.717, 1.165) is 25.4 Å². The van der Waals surface area contributed by atoms with Crippen LogP contribution in [0, 0.1) is 17.8 Å². The number of rotatable bonds is 3. The Hall–Kier alpha value is -0.570. The van der Waals surface area contributed by atoms with Crippen molar-refractivity contribution in [1.29, 1.82) is 0 Å². The Labute approximate surface area is 91.5 Å². The first kappa shape index (κ1) is 10.9. The molecule has 0 amide bonds. The average molecular weight is 211 g/mol. The number of piperidine rings is 1. The maximum atomic E-state index is 11.0. The molecule has 3 nitrogen and oxygen atoms in total. The maximum Gasteiger partial charge on any atom is 0.307 e. The molecule has 3 heteroatoms. The van der Waals surface area contributed by atoms with Gasteiger partial charge in [-0.25, -0.2) is 0 Å². The molecule has 2 aliphatic rings. The van der Waals surface area contributed by atoms with Crippen molar-refractivity contribution in [1.82, 2.24) is 4.90 Å². The second-order valence-corrected chi connectivity index (χ2v) is 5.41. The number of nitrogens with zero attached hydrogens (tertiary/aromatic N) is 1. The van der Waals surface area contributed by atoms with Crippen molar-refractivity contribution >= 4 is 5.97 Å². The van der Waals surface area contributed by atoms with Gasteiger partial charge in [0.1, 0.15) is 0 Å². The lowest BCUT2D eigenvalue weighted by atomic mass is 9.89. The van der Waals surface area contributed by atoms with E-state index >= 15 is 0 Å². The van der Waals surface area contributed by atoms with Crippen LogP contribution >= 0.6 is 0 Å². The maximum absolute atomic E-state index is 11.0. The van der Waals surface area contributed by atoms with Crippen LogP contribution in [0.4, 0.5) is 0 Å². The molecule has 1 aliphatic heterocycles. The van der Waals surface area contributed by atoms with Gasteiger partial charge in [0.25, 0.3) is 0 Å². The summed E-state index contributed by atoms with van der Waals surface area (Å²) in [5.74, 6) is 0.607. The van der Waals surface area contributed by atoms with Crippen molar-refractivity contribution < 1.29 is 9.90 Å². The molecule has 0 aromatic rings. The number of carboxylic acid groups (broad SMARTS) is 1. The van der Waals surface area contributed by atoms with Crippen LogP contribution < -0.4 is 0 Å². The van der Waals surface area contributed by atoms with Gasteiger partial charge in [0.05, 0.1) is 5.92 Å². The first-order valence-electron chi connectivity index (χ1n) is 6.04. The summed E-state index contributed by atoms with van der Waals surface area (Å²) in [5, 5.41) is 9.08. The zero-order chi connectivity index (χ0) is 11.0. The lowest BCUT2D eigenvalue weighted by Gasteiger charge is -2.38. The van der Waals surface area contributed by atoms with Gasteiger partial charge in [-0.3, -0.25) is 9.69 Å². The van der Waals surface area contributed by atoms with Gasteiger partial charge in [0, 0.05) is 19.1 Å². The summed E-state index contributed by atoms with van der Waals surface area (Å²) in [5.41, 5.74) is 0. The fourth-order valence-corrected chi connectivity index (χ4v) is 2.78. The van der Waals surface area contributed by atoms with Crippen molar-refractivity contribution in [3.05, 3.63) is 0 Å². The van der Waals surface area contributed by atoms with Gasteiger partial charge in [-0.2, -0.15) is 0 Å². The van der Waals surface area contributed by atoms with E-state index in [4.69, 9.17) is 5.11 Å². The van der Waals surface area contributed by atoms with Crippen LogP contribution in [0.15, 0.2) is 0 Å². The third-order valence-corrected chi connectivity index (χ3v) is 3.92. The molecule has 1 saturated carbocycles. The van der Waals surface area contributed by atoms with Gasteiger partial charge < -0.3 is 5.11 Å². The van der Waals surface area contributed by atoms with Gasteiger partial charge in [-0.1, -0.05) is 6.92 Å². The molecule has 2 rings (SSSR count). The largest absolute Gasteiger partial charge is 0.481 e. The molecule has 1 N–H and O–H groups in total. The number of hydrogen-bond donors (Lipinski definition) is 1. The van der Waals surface area contributed by atoms with Crippen molar-refractivity contribution in [2.75, 3.05) is 13.1 Å². The summed E-state index contributed by atoms with van der Waals surface area (Å²) in [6.07, 6.45) is 3.52. The van der Waals surface area contributed by atoms with Gasteiger partial charge in [-0.15, -0.1) is 0 Å². The Morgan fingerprint density at radius 1 is 1.40 bits per heavy atom. The molecule has 1 saturated heterocycles. The summed E-state index contributed by atoms with van der Waals surface area (Å²) in [6.45, 7) is 6.27. The number of hydrogen-bond acceptors (Lipinski definition) is 2. The highest BCUT2D eigenvalue weighted by Crippen LogP contribution is 2.37. The molecule has 0 aromatic carbocycles. The number of likely N-dealkylation sites (tertiary alicyclic amines) is 1. The first-order valence-corrected chi connectivity index (χ1v) is 6.04. The Morgan fingerprint density at radius 2 is 2.07 bits per heavy atom. The monoisotopic (exact) mass is 211 g/mol. The van der Waals surface area contributed by atoms with Crippen molar-refractivity contribution in [3.8, 4) is 0 Å². The Kier molecular flexibility index (Phi) is 3.01. The zero-order valence-corrected chi connectivity index (χ0v) is 9.65. The molecule has 3 unspecified atom stereocenters. The SMILES string of the molecule is CC1CC(C(=O)O)CN(C(C)C2CC2)C1. The molecule has 0 bridgehead atoms. The molecule has 2 fully saturated rings. The summed E-state index contributed by atoms with van der Waals surface area (Å²) in [4.78, 5) is 13.4. The Balaban J connectivity index is 1.96. The van der Waals surface area contributed by atoms with Gasteiger partial charge in [-0.05, 0) is 38.0 Å². The van der Waals surface area contributed by atoms with Crippen LogP contribution in [0.25, 0.3) is 0 Å². The highest BCUT2D eigenvalue weighted by atomic mass is 16.4. The molecule has 86 valence electrons. The number of carbonyl (C=O) groups is 1. The standard InChI is InChI=1S/C12H21NO2/c1-8-5-11(12(14)15)7-13(6-8)9(2)10-3-4-10/h8-11H,3-7H2,1-2H3,(H,14,15). The lowest BCUT2D eigenvalue weighted by molar-refractivity contribution is -0.144. The van der Waals surface area contributed by atoms with E-state index in [1.807, 2.05) is 0 Å². The molecular weight excluding hydrogens is 190 g/mol. The highest BCUT2D eigenvalue weighted by Gasteiger charge is 2.37. The van der Waals surface area contributed by atoms with Crippen LogP contribution in [0.3, 0.4) is 0 Å². The molecule has 0 aromatic heterocycles.